The lowest BCUT2D eigenvalue weighted by Crippen LogP contribution is -2.49. The molecule has 0 spiro atoms. The molecule has 2 aliphatic rings. The lowest BCUT2D eigenvalue weighted by molar-refractivity contribution is 0.108. The van der Waals surface area contributed by atoms with E-state index in [2.05, 4.69) is 37.9 Å². The summed E-state index contributed by atoms with van der Waals surface area (Å²) in [6.07, 6.45) is 8.82. The normalized spacial score (nSPS) is 28.1. The van der Waals surface area contributed by atoms with Crippen LogP contribution in [-0.4, -0.2) is 36.6 Å². The van der Waals surface area contributed by atoms with E-state index >= 15 is 0 Å². The molecule has 19 heavy (non-hydrogen) atoms. The van der Waals surface area contributed by atoms with E-state index in [4.69, 9.17) is 0 Å². The smallest absolute Gasteiger partial charge is 0.0124 e. The van der Waals surface area contributed by atoms with E-state index in [1.807, 2.05) is 0 Å². The van der Waals surface area contributed by atoms with E-state index in [1.54, 1.807) is 0 Å². The molecule has 2 atom stereocenters. The van der Waals surface area contributed by atoms with Gasteiger partial charge in [0.05, 0.1) is 0 Å². The van der Waals surface area contributed by atoms with Gasteiger partial charge in [-0.1, -0.05) is 33.6 Å². The molecule has 112 valence electrons. The quantitative estimate of drug-likeness (QED) is 0.789. The molecule has 0 aromatic heterocycles. The van der Waals surface area contributed by atoms with E-state index in [-0.39, 0.29) is 0 Å². The van der Waals surface area contributed by atoms with Gasteiger partial charge in [0, 0.05) is 18.6 Å². The molecule has 2 heteroatoms. The average molecular weight is 266 g/mol. The van der Waals surface area contributed by atoms with E-state index in [0.29, 0.717) is 11.5 Å². The van der Waals surface area contributed by atoms with E-state index < -0.39 is 0 Å². The number of likely N-dealkylation sites (tertiary alicyclic amines) is 1. The molecule has 0 aromatic rings. The van der Waals surface area contributed by atoms with Crippen LogP contribution in [-0.2, 0) is 0 Å². The maximum atomic E-state index is 3.62. The summed E-state index contributed by atoms with van der Waals surface area (Å²) in [4.78, 5) is 2.82. The molecule has 0 amide bonds. The van der Waals surface area contributed by atoms with Crippen LogP contribution in [0.15, 0.2) is 0 Å². The summed E-state index contributed by atoms with van der Waals surface area (Å²) >= 11 is 0. The summed E-state index contributed by atoms with van der Waals surface area (Å²) in [5.74, 6) is 1.01. The third-order valence-corrected chi connectivity index (χ3v) is 5.65. The fraction of sp³-hybridized carbons (Fsp3) is 1.00. The van der Waals surface area contributed by atoms with Crippen LogP contribution in [0.5, 0.6) is 0 Å². The van der Waals surface area contributed by atoms with Gasteiger partial charge in [0.25, 0.3) is 0 Å². The third-order valence-electron chi connectivity index (χ3n) is 5.65. The summed E-state index contributed by atoms with van der Waals surface area (Å²) in [5, 5.41) is 3.62. The number of nitrogens with zero attached hydrogens (tertiary/aromatic N) is 1. The Labute approximate surface area is 120 Å². The minimum Gasteiger partial charge on any atom is -0.314 e. The van der Waals surface area contributed by atoms with Crippen LogP contribution in [0.3, 0.4) is 0 Å². The Morgan fingerprint density at radius 2 is 1.84 bits per heavy atom. The predicted molar refractivity (Wildman–Crippen MR) is 83.5 cm³/mol. The van der Waals surface area contributed by atoms with Gasteiger partial charge in [-0.3, -0.25) is 4.90 Å². The Hall–Kier alpha value is -0.0800. The topological polar surface area (TPSA) is 15.3 Å². The van der Waals surface area contributed by atoms with Gasteiger partial charge in [0.15, 0.2) is 0 Å². The van der Waals surface area contributed by atoms with Crippen molar-refractivity contribution in [3.63, 3.8) is 0 Å². The van der Waals surface area contributed by atoms with Crippen molar-refractivity contribution in [2.45, 2.75) is 78.3 Å². The second-order valence-corrected chi connectivity index (χ2v) is 7.49. The summed E-state index contributed by atoms with van der Waals surface area (Å²) in [6.45, 7) is 13.1. The highest BCUT2D eigenvalue weighted by molar-refractivity contribution is 4.92. The first-order chi connectivity index (χ1) is 9.04. The van der Waals surface area contributed by atoms with Gasteiger partial charge in [0.1, 0.15) is 0 Å². The molecule has 1 N–H and O–H groups in total. The lowest BCUT2D eigenvalue weighted by Gasteiger charge is -2.39. The lowest BCUT2D eigenvalue weighted by atomic mass is 9.84. The Balaban J connectivity index is 1.92. The zero-order chi connectivity index (χ0) is 13.9. The average Bonchev–Trinajstić information content (AvgIpc) is 2.98. The first-order valence-electron chi connectivity index (χ1n) is 8.52. The van der Waals surface area contributed by atoms with Gasteiger partial charge in [-0.25, -0.2) is 0 Å². The summed E-state index contributed by atoms with van der Waals surface area (Å²) < 4.78 is 0. The Morgan fingerprint density at radius 1 is 1.16 bits per heavy atom. The fourth-order valence-electron chi connectivity index (χ4n) is 4.17. The van der Waals surface area contributed by atoms with Crippen LogP contribution in [0, 0.1) is 11.3 Å². The van der Waals surface area contributed by atoms with Gasteiger partial charge in [0.2, 0.25) is 0 Å². The van der Waals surface area contributed by atoms with Crippen LogP contribution >= 0.6 is 0 Å². The first kappa shape index (κ1) is 15.3. The molecule has 1 saturated carbocycles. The zero-order valence-corrected chi connectivity index (χ0v) is 13.5. The maximum Gasteiger partial charge on any atom is 0.0124 e. The van der Waals surface area contributed by atoms with Crippen molar-refractivity contribution in [1.82, 2.24) is 10.2 Å². The summed E-state index contributed by atoms with van der Waals surface area (Å²) in [5.41, 5.74) is 0.372. The Bertz CT molecular complexity index is 268. The van der Waals surface area contributed by atoms with E-state index in [9.17, 15) is 0 Å². The standard InChI is InChI=1S/C17H34N2/c1-5-18-14(2)17(3,4)13-19-12-8-11-16(19)15-9-6-7-10-15/h14-16,18H,5-13H2,1-4H3. The second kappa shape index (κ2) is 6.58. The molecule has 0 radical (unpaired) electrons. The summed E-state index contributed by atoms with van der Waals surface area (Å²) in [6, 6.07) is 1.50. The Kier molecular flexibility index (Phi) is 5.30. The van der Waals surface area contributed by atoms with Gasteiger partial charge in [-0.05, 0) is 57.0 Å². The number of rotatable bonds is 6. The van der Waals surface area contributed by atoms with Crippen LogP contribution in [0.4, 0.5) is 0 Å². The number of hydrogen-bond acceptors (Lipinski definition) is 2. The number of nitrogens with one attached hydrogen (secondary N) is 1. The fourth-order valence-corrected chi connectivity index (χ4v) is 4.17. The third kappa shape index (κ3) is 3.72. The van der Waals surface area contributed by atoms with Gasteiger partial charge in [-0.15, -0.1) is 0 Å². The highest BCUT2D eigenvalue weighted by atomic mass is 15.2. The minimum absolute atomic E-state index is 0.372. The number of hydrogen-bond donors (Lipinski definition) is 1. The van der Waals surface area contributed by atoms with Crippen molar-refractivity contribution in [3.8, 4) is 0 Å². The summed E-state index contributed by atoms with van der Waals surface area (Å²) in [7, 11) is 0. The van der Waals surface area contributed by atoms with Gasteiger partial charge in [-0.2, -0.15) is 0 Å². The van der Waals surface area contributed by atoms with Crippen molar-refractivity contribution in [3.05, 3.63) is 0 Å². The van der Waals surface area contributed by atoms with E-state index in [0.717, 1.165) is 18.5 Å². The maximum absolute atomic E-state index is 3.62. The molecule has 2 nitrogen and oxygen atoms in total. The van der Waals surface area contributed by atoms with Crippen molar-refractivity contribution in [2.24, 2.45) is 11.3 Å². The largest absolute Gasteiger partial charge is 0.314 e. The molecule has 1 heterocycles. The van der Waals surface area contributed by atoms with Crippen LogP contribution < -0.4 is 5.32 Å². The highest BCUT2D eigenvalue weighted by Gasteiger charge is 2.37. The molecule has 2 fully saturated rings. The molecule has 0 aromatic carbocycles. The van der Waals surface area contributed by atoms with Crippen molar-refractivity contribution in [1.29, 1.82) is 0 Å². The van der Waals surface area contributed by atoms with Crippen molar-refractivity contribution >= 4 is 0 Å². The van der Waals surface area contributed by atoms with Crippen LogP contribution in [0.25, 0.3) is 0 Å². The molecule has 2 rings (SSSR count). The molecular weight excluding hydrogens is 232 g/mol. The monoisotopic (exact) mass is 266 g/mol. The van der Waals surface area contributed by atoms with Gasteiger partial charge < -0.3 is 5.32 Å². The molecule has 1 aliphatic carbocycles. The SMILES string of the molecule is CCNC(C)C(C)(C)CN1CCCC1C1CCCC1. The molecule has 1 saturated heterocycles. The van der Waals surface area contributed by atoms with Crippen LogP contribution in [0.1, 0.15) is 66.2 Å². The van der Waals surface area contributed by atoms with E-state index in [1.165, 1.54) is 51.6 Å². The first-order valence-corrected chi connectivity index (χ1v) is 8.52. The van der Waals surface area contributed by atoms with Gasteiger partial charge >= 0.3 is 0 Å². The molecule has 1 aliphatic heterocycles. The van der Waals surface area contributed by atoms with Crippen LogP contribution in [0.2, 0.25) is 0 Å². The Morgan fingerprint density at radius 3 is 2.47 bits per heavy atom. The molecular formula is C17H34N2. The van der Waals surface area contributed by atoms with Crippen molar-refractivity contribution in [2.75, 3.05) is 19.6 Å². The minimum atomic E-state index is 0.372. The highest BCUT2D eigenvalue weighted by Crippen LogP contribution is 2.37. The second-order valence-electron chi connectivity index (χ2n) is 7.49. The van der Waals surface area contributed by atoms with Crippen molar-refractivity contribution < 1.29 is 0 Å². The molecule has 2 unspecified atom stereocenters. The molecule has 0 bridgehead atoms. The predicted octanol–water partition coefficient (Wildman–Crippen LogP) is 3.67. The zero-order valence-electron chi connectivity index (χ0n) is 13.5.